The average Bonchev–Trinajstić information content (AvgIpc) is 3.35. The minimum Gasteiger partial charge on any atom is -0.497 e. The Labute approximate surface area is 174 Å². The molecule has 3 aromatic rings. The summed E-state index contributed by atoms with van der Waals surface area (Å²) >= 11 is 3.34. The molecule has 1 aliphatic rings. The number of benzene rings is 2. The number of nitriles is 1. The van der Waals surface area contributed by atoms with Gasteiger partial charge in [0.05, 0.1) is 12.9 Å². The molecule has 0 saturated heterocycles. The molecule has 0 unspecified atom stereocenters. The number of fused-ring (bicyclic) bond motifs is 1. The van der Waals surface area contributed by atoms with Crippen LogP contribution in [0, 0.1) is 11.3 Å². The number of hydrogen-bond acceptors (Lipinski definition) is 8. The molecule has 2 heterocycles. The second-order valence-corrected chi connectivity index (χ2v) is 8.79. The van der Waals surface area contributed by atoms with E-state index < -0.39 is 20.7 Å². The molecule has 1 aromatic heterocycles. The SMILES string of the molecule is COc1ccc(-c2nc(C#N)c(S(=O)(=O)Cc3cc4c(cc3Br)OCO4)o2)cc1. The predicted molar refractivity (Wildman–Crippen MR) is 104 cm³/mol. The first-order chi connectivity index (χ1) is 13.9. The second-order valence-electron chi connectivity index (χ2n) is 6.05. The van der Waals surface area contributed by atoms with Gasteiger partial charge in [0, 0.05) is 10.0 Å². The number of aromatic nitrogens is 1. The number of halogens is 1. The van der Waals surface area contributed by atoms with E-state index in [0.29, 0.717) is 32.8 Å². The molecule has 148 valence electrons. The highest BCUT2D eigenvalue weighted by Gasteiger charge is 2.29. The van der Waals surface area contributed by atoms with Crippen molar-refractivity contribution in [1.82, 2.24) is 4.98 Å². The van der Waals surface area contributed by atoms with E-state index in [1.165, 1.54) is 7.11 Å². The van der Waals surface area contributed by atoms with Crippen LogP contribution in [0.1, 0.15) is 11.3 Å². The molecule has 1 aliphatic heterocycles. The van der Waals surface area contributed by atoms with Crippen molar-refractivity contribution in [1.29, 1.82) is 5.26 Å². The van der Waals surface area contributed by atoms with Gasteiger partial charge < -0.3 is 18.6 Å². The third-order valence-corrected chi connectivity index (χ3v) is 6.48. The Bertz CT molecular complexity index is 1230. The zero-order valence-corrected chi connectivity index (χ0v) is 17.4. The average molecular weight is 477 g/mol. The van der Waals surface area contributed by atoms with Crippen LogP contribution >= 0.6 is 15.9 Å². The summed E-state index contributed by atoms with van der Waals surface area (Å²) in [6.07, 6.45) is 0. The lowest BCUT2D eigenvalue weighted by Crippen LogP contribution is -2.06. The number of nitrogens with zero attached hydrogens (tertiary/aromatic N) is 2. The standard InChI is InChI=1S/C19H13BrN2O6S/c1-25-13-4-2-11(3-5-13)18-22-15(8-21)19(28-18)29(23,24)9-12-6-16-17(7-14(12)20)27-10-26-16/h2-7H,9-10H2,1H3. The van der Waals surface area contributed by atoms with Gasteiger partial charge in [-0.3, -0.25) is 0 Å². The number of oxazole rings is 1. The summed E-state index contributed by atoms with van der Waals surface area (Å²) in [5.74, 6) is 1.23. The minimum absolute atomic E-state index is 0.0348. The molecule has 0 radical (unpaired) electrons. The number of ether oxygens (including phenoxy) is 3. The first-order valence-corrected chi connectivity index (χ1v) is 10.7. The molecule has 0 saturated carbocycles. The van der Waals surface area contributed by atoms with Crippen molar-refractivity contribution in [2.75, 3.05) is 13.9 Å². The summed E-state index contributed by atoms with van der Waals surface area (Å²) in [4.78, 5) is 4.04. The third-order valence-electron chi connectivity index (χ3n) is 4.21. The predicted octanol–water partition coefficient (Wildman–Crippen LogP) is 3.69. The van der Waals surface area contributed by atoms with Gasteiger partial charge in [-0.25, -0.2) is 8.42 Å². The zero-order chi connectivity index (χ0) is 20.6. The van der Waals surface area contributed by atoms with E-state index in [0.717, 1.165) is 0 Å². The Kier molecular flexibility index (Phi) is 4.94. The van der Waals surface area contributed by atoms with Gasteiger partial charge in [-0.05, 0) is 42.0 Å². The van der Waals surface area contributed by atoms with Crippen molar-refractivity contribution < 1.29 is 27.0 Å². The summed E-state index contributed by atoms with van der Waals surface area (Å²) in [6.45, 7) is 0.0733. The number of methoxy groups -OCH3 is 1. The van der Waals surface area contributed by atoms with Crippen molar-refractivity contribution in [3.63, 3.8) is 0 Å². The van der Waals surface area contributed by atoms with Gasteiger partial charge in [0.2, 0.25) is 22.5 Å². The quantitative estimate of drug-likeness (QED) is 0.547. The van der Waals surface area contributed by atoms with E-state index in [1.54, 1.807) is 42.5 Å². The number of hydrogen-bond donors (Lipinski definition) is 0. The highest BCUT2D eigenvalue weighted by molar-refractivity contribution is 9.10. The number of rotatable bonds is 5. The summed E-state index contributed by atoms with van der Waals surface area (Å²) < 4.78 is 47.7. The van der Waals surface area contributed by atoms with Crippen LogP contribution in [0.5, 0.6) is 17.2 Å². The summed E-state index contributed by atoms with van der Waals surface area (Å²) in [7, 11) is -2.46. The Balaban J connectivity index is 1.70. The lowest BCUT2D eigenvalue weighted by atomic mass is 10.2. The molecule has 0 fully saturated rings. The van der Waals surface area contributed by atoms with Crippen LogP contribution in [0.15, 0.2) is 50.4 Å². The van der Waals surface area contributed by atoms with Crippen LogP contribution in [-0.2, 0) is 15.6 Å². The van der Waals surface area contributed by atoms with Gasteiger partial charge in [0.15, 0.2) is 17.2 Å². The minimum atomic E-state index is -4.00. The number of sulfone groups is 1. The highest BCUT2D eigenvalue weighted by atomic mass is 79.9. The molecule has 29 heavy (non-hydrogen) atoms. The third kappa shape index (κ3) is 3.66. The first-order valence-electron chi connectivity index (χ1n) is 8.27. The maximum atomic E-state index is 13.0. The van der Waals surface area contributed by atoms with Crippen molar-refractivity contribution in [3.8, 4) is 34.8 Å². The molecule has 0 aliphatic carbocycles. The van der Waals surface area contributed by atoms with Crippen molar-refractivity contribution in [3.05, 3.63) is 52.1 Å². The van der Waals surface area contributed by atoms with E-state index in [9.17, 15) is 13.7 Å². The van der Waals surface area contributed by atoms with Gasteiger partial charge >= 0.3 is 0 Å². The normalized spacial score (nSPS) is 12.6. The van der Waals surface area contributed by atoms with E-state index >= 15 is 0 Å². The monoisotopic (exact) mass is 476 g/mol. The van der Waals surface area contributed by atoms with Crippen LogP contribution in [0.4, 0.5) is 0 Å². The molecule has 0 bridgehead atoms. The fourth-order valence-corrected chi connectivity index (χ4v) is 4.80. The molecule has 0 N–H and O–H groups in total. The van der Waals surface area contributed by atoms with Gasteiger partial charge in [-0.2, -0.15) is 10.2 Å². The lowest BCUT2D eigenvalue weighted by Gasteiger charge is -2.06. The Morgan fingerprint density at radius 2 is 1.90 bits per heavy atom. The molecule has 10 heteroatoms. The van der Waals surface area contributed by atoms with E-state index in [4.69, 9.17) is 18.6 Å². The molecule has 8 nitrogen and oxygen atoms in total. The van der Waals surface area contributed by atoms with Crippen LogP contribution in [0.2, 0.25) is 0 Å². The molecular formula is C19H13BrN2O6S. The van der Waals surface area contributed by atoms with Gasteiger partial charge in [0.1, 0.15) is 11.8 Å². The molecule has 0 spiro atoms. The van der Waals surface area contributed by atoms with Crippen LogP contribution < -0.4 is 14.2 Å². The smallest absolute Gasteiger partial charge is 0.257 e. The maximum Gasteiger partial charge on any atom is 0.257 e. The van der Waals surface area contributed by atoms with Gasteiger partial charge in [0.25, 0.3) is 5.09 Å². The first kappa shape index (κ1) is 19.3. The van der Waals surface area contributed by atoms with E-state index in [1.807, 2.05) is 0 Å². The molecule has 0 atom stereocenters. The molecule has 4 rings (SSSR count). The van der Waals surface area contributed by atoms with Crippen LogP contribution in [0.3, 0.4) is 0 Å². The fraction of sp³-hybridized carbons (Fsp3) is 0.158. The fourth-order valence-electron chi connectivity index (χ4n) is 2.78. The largest absolute Gasteiger partial charge is 0.497 e. The highest BCUT2D eigenvalue weighted by Crippen LogP contribution is 2.38. The van der Waals surface area contributed by atoms with Crippen LogP contribution in [-0.4, -0.2) is 27.3 Å². The maximum absolute atomic E-state index is 13.0. The van der Waals surface area contributed by atoms with Crippen LogP contribution in [0.25, 0.3) is 11.5 Å². The zero-order valence-electron chi connectivity index (χ0n) is 15.0. The van der Waals surface area contributed by atoms with Crippen molar-refractivity contribution in [2.24, 2.45) is 0 Å². The van der Waals surface area contributed by atoms with E-state index in [-0.39, 0.29) is 18.4 Å². The molecule has 0 amide bonds. The molecule has 2 aromatic carbocycles. The van der Waals surface area contributed by atoms with E-state index in [2.05, 4.69) is 20.9 Å². The lowest BCUT2D eigenvalue weighted by molar-refractivity contribution is 0.174. The summed E-state index contributed by atoms with van der Waals surface area (Å²) in [5.41, 5.74) is 0.668. The topological polar surface area (TPSA) is 112 Å². The van der Waals surface area contributed by atoms with Crippen molar-refractivity contribution in [2.45, 2.75) is 10.8 Å². The molecular weight excluding hydrogens is 464 g/mol. The Hall–Kier alpha value is -3.03. The van der Waals surface area contributed by atoms with Gasteiger partial charge in [-0.15, -0.1) is 0 Å². The Morgan fingerprint density at radius 3 is 2.55 bits per heavy atom. The second kappa shape index (κ2) is 7.42. The van der Waals surface area contributed by atoms with Gasteiger partial charge in [-0.1, -0.05) is 15.9 Å². The Morgan fingerprint density at radius 1 is 1.21 bits per heavy atom. The summed E-state index contributed by atoms with van der Waals surface area (Å²) in [5, 5.41) is 8.89. The van der Waals surface area contributed by atoms with Crippen molar-refractivity contribution >= 4 is 25.8 Å². The summed E-state index contributed by atoms with van der Waals surface area (Å²) in [6, 6.07) is 11.7.